The van der Waals surface area contributed by atoms with E-state index in [1.807, 2.05) is 29.2 Å². The number of carbonyl (C=O) groups is 1. The van der Waals surface area contributed by atoms with E-state index in [0.717, 1.165) is 37.2 Å². The summed E-state index contributed by atoms with van der Waals surface area (Å²) >= 11 is 5.87. The summed E-state index contributed by atoms with van der Waals surface area (Å²) in [6.45, 7) is 1.49. The molecule has 1 N–H and O–H groups in total. The molecule has 4 heteroatoms. The molecule has 122 valence electrons. The van der Waals surface area contributed by atoms with Crippen LogP contribution in [0, 0.1) is 12.3 Å². The van der Waals surface area contributed by atoms with Gasteiger partial charge in [0.2, 0.25) is 0 Å². The maximum absolute atomic E-state index is 12.5. The highest BCUT2D eigenvalue weighted by Crippen LogP contribution is 2.19. The lowest BCUT2D eigenvalue weighted by atomic mass is 10.0. The largest absolute Gasteiger partial charge is 0.382 e. The van der Waals surface area contributed by atoms with E-state index >= 15 is 0 Å². The molecule has 3 nitrogen and oxygen atoms in total. The number of terminal acetylenes is 1. The number of hydrogen-bond donors (Lipinski definition) is 1. The van der Waals surface area contributed by atoms with Crippen LogP contribution in [0.5, 0.6) is 0 Å². The second-order valence-electron chi connectivity index (χ2n) is 5.94. The molecule has 1 fully saturated rings. The molecule has 1 aliphatic heterocycles. The van der Waals surface area contributed by atoms with Gasteiger partial charge in [-0.3, -0.25) is 4.79 Å². The number of benzene rings is 2. The van der Waals surface area contributed by atoms with E-state index in [-0.39, 0.29) is 5.91 Å². The van der Waals surface area contributed by atoms with Crippen LogP contribution in [0.1, 0.15) is 28.8 Å². The molecule has 0 atom stereocenters. The summed E-state index contributed by atoms with van der Waals surface area (Å²) in [5, 5.41) is 4.15. The number of piperidine rings is 1. The Labute approximate surface area is 147 Å². The molecule has 0 unspecified atom stereocenters. The maximum Gasteiger partial charge on any atom is 0.253 e. The fourth-order valence-electron chi connectivity index (χ4n) is 2.94. The Hall–Kier alpha value is -2.44. The fraction of sp³-hybridized carbons (Fsp3) is 0.250. The fourth-order valence-corrected chi connectivity index (χ4v) is 3.06. The van der Waals surface area contributed by atoms with Crippen molar-refractivity contribution < 1.29 is 4.79 Å². The Morgan fingerprint density at radius 1 is 1.17 bits per heavy atom. The number of nitrogens with one attached hydrogen (secondary N) is 1. The number of anilines is 1. The number of halogens is 1. The van der Waals surface area contributed by atoms with Crippen LogP contribution in [-0.4, -0.2) is 29.9 Å². The van der Waals surface area contributed by atoms with Crippen molar-refractivity contribution in [1.82, 2.24) is 4.90 Å². The maximum atomic E-state index is 12.5. The van der Waals surface area contributed by atoms with E-state index in [2.05, 4.69) is 11.2 Å². The van der Waals surface area contributed by atoms with Crippen molar-refractivity contribution in [3.8, 4) is 12.3 Å². The minimum Gasteiger partial charge on any atom is -0.382 e. The molecule has 0 aliphatic carbocycles. The van der Waals surface area contributed by atoms with Crippen molar-refractivity contribution >= 4 is 23.2 Å². The highest BCUT2D eigenvalue weighted by molar-refractivity contribution is 6.30. The Morgan fingerprint density at radius 3 is 2.54 bits per heavy atom. The van der Waals surface area contributed by atoms with E-state index < -0.39 is 0 Å². The van der Waals surface area contributed by atoms with E-state index in [4.69, 9.17) is 18.0 Å². The van der Waals surface area contributed by atoms with Crippen LogP contribution in [0.25, 0.3) is 0 Å². The predicted molar refractivity (Wildman–Crippen MR) is 98.4 cm³/mol. The van der Waals surface area contributed by atoms with Gasteiger partial charge in [-0.25, -0.2) is 0 Å². The molecule has 1 amide bonds. The van der Waals surface area contributed by atoms with Crippen molar-refractivity contribution in [3.05, 3.63) is 64.7 Å². The molecular formula is C20H19ClN2O. The smallest absolute Gasteiger partial charge is 0.253 e. The summed E-state index contributed by atoms with van der Waals surface area (Å²) in [7, 11) is 0. The SMILES string of the molecule is C#Cc1cccc(NC2CCN(C(=O)c3ccc(Cl)cc3)CC2)c1. The van der Waals surface area contributed by atoms with Crippen molar-refractivity contribution in [2.24, 2.45) is 0 Å². The van der Waals surface area contributed by atoms with Crippen molar-refractivity contribution in [3.63, 3.8) is 0 Å². The normalized spacial score (nSPS) is 14.9. The van der Waals surface area contributed by atoms with Crippen LogP contribution < -0.4 is 5.32 Å². The second kappa shape index (κ2) is 7.42. The molecule has 1 saturated heterocycles. The molecule has 0 aromatic heterocycles. The summed E-state index contributed by atoms with van der Waals surface area (Å²) in [6, 6.07) is 15.3. The van der Waals surface area contributed by atoms with E-state index in [0.29, 0.717) is 16.6 Å². The highest BCUT2D eigenvalue weighted by Gasteiger charge is 2.23. The van der Waals surface area contributed by atoms with Crippen LogP contribution in [0.2, 0.25) is 5.02 Å². The molecule has 24 heavy (non-hydrogen) atoms. The lowest BCUT2D eigenvalue weighted by Gasteiger charge is -2.33. The Morgan fingerprint density at radius 2 is 1.88 bits per heavy atom. The molecule has 3 rings (SSSR count). The van der Waals surface area contributed by atoms with E-state index in [1.165, 1.54) is 0 Å². The molecule has 1 aliphatic rings. The lowest BCUT2D eigenvalue weighted by Crippen LogP contribution is -2.42. The number of hydrogen-bond acceptors (Lipinski definition) is 2. The first-order chi connectivity index (χ1) is 11.7. The molecule has 2 aromatic carbocycles. The number of carbonyl (C=O) groups excluding carboxylic acids is 1. The van der Waals surface area contributed by atoms with Gasteiger partial charge in [0.1, 0.15) is 0 Å². The minimum absolute atomic E-state index is 0.0689. The molecular weight excluding hydrogens is 320 g/mol. The van der Waals surface area contributed by atoms with Gasteiger partial charge in [0.05, 0.1) is 0 Å². The van der Waals surface area contributed by atoms with Gasteiger partial charge in [-0.2, -0.15) is 0 Å². The molecule has 0 bridgehead atoms. The molecule has 0 saturated carbocycles. The summed E-state index contributed by atoms with van der Waals surface area (Å²) in [5.41, 5.74) is 2.59. The van der Waals surface area contributed by atoms with Crippen LogP contribution in [0.3, 0.4) is 0 Å². The summed E-state index contributed by atoms with van der Waals surface area (Å²) in [4.78, 5) is 14.4. The van der Waals surface area contributed by atoms with Gasteiger partial charge in [-0.05, 0) is 55.3 Å². The number of amides is 1. The van der Waals surface area contributed by atoms with Gasteiger partial charge in [0.25, 0.3) is 5.91 Å². The third-order valence-electron chi connectivity index (χ3n) is 4.27. The average Bonchev–Trinajstić information content (AvgIpc) is 2.62. The zero-order valence-electron chi connectivity index (χ0n) is 13.3. The first kappa shape index (κ1) is 16.4. The van der Waals surface area contributed by atoms with Crippen LogP contribution >= 0.6 is 11.6 Å². The molecule has 2 aromatic rings. The number of rotatable bonds is 3. The summed E-state index contributed by atoms with van der Waals surface area (Å²) in [6.07, 6.45) is 7.27. The molecule has 0 radical (unpaired) electrons. The zero-order valence-corrected chi connectivity index (χ0v) is 14.1. The topological polar surface area (TPSA) is 32.3 Å². The number of nitrogens with zero attached hydrogens (tertiary/aromatic N) is 1. The Kier molecular flexibility index (Phi) is 5.08. The van der Waals surface area contributed by atoms with Crippen molar-refractivity contribution in [1.29, 1.82) is 0 Å². The summed E-state index contributed by atoms with van der Waals surface area (Å²) < 4.78 is 0. The van der Waals surface area contributed by atoms with Gasteiger partial charge < -0.3 is 10.2 Å². The first-order valence-electron chi connectivity index (χ1n) is 8.04. The average molecular weight is 339 g/mol. The number of likely N-dealkylation sites (tertiary alicyclic amines) is 1. The van der Waals surface area contributed by atoms with Crippen LogP contribution in [-0.2, 0) is 0 Å². The predicted octanol–water partition coefficient (Wildman–Crippen LogP) is 4.04. The van der Waals surface area contributed by atoms with E-state index in [9.17, 15) is 4.79 Å². The third-order valence-corrected chi connectivity index (χ3v) is 4.53. The van der Waals surface area contributed by atoms with Crippen LogP contribution in [0.4, 0.5) is 5.69 Å². The highest BCUT2D eigenvalue weighted by atomic mass is 35.5. The van der Waals surface area contributed by atoms with Crippen LogP contribution in [0.15, 0.2) is 48.5 Å². The van der Waals surface area contributed by atoms with Crippen molar-refractivity contribution in [2.45, 2.75) is 18.9 Å². The van der Waals surface area contributed by atoms with E-state index in [1.54, 1.807) is 24.3 Å². The Bertz CT molecular complexity index is 756. The zero-order chi connectivity index (χ0) is 16.9. The van der Waals surface area contributed by atoms with Crippen molar-refractivity contribution in [2.75, 3.05) is 18.4 Å². The standard InChI is InChI=1S/C20H19ClN2O/c1-2-15-4-3-5-19(14-15)22-18-10-12-23(13-11-18)20(24)16-6-8-17(21)9-7-16/h1,3-9,14,18,22H,10-13H2. The second-order valence-corrected chi connectivity index (χ2v) is 6.38. The minimum atomic E-state index is 0.0689. The van der Waals surface area contributed by atoms with Gasteiger partial charge in [-0.1, -0.05) is 23.6 Å². The third kappa shape index (κ3) is 3.90. The van der Waals surface area contributed by atoms with Gasteiger partial charge in [0, 0.05) is 41.0 Å². The van der Waals surface area contributed by atoms with Gasteiger partial charge >= 0.3 is 0 Å². The monoisotopic (exact) mass is 338 g/mol. The lowest BCUT2D eigenvalue weighted by molar-refractivity contribution is 0.0718. The Balaban J connectivity index is 1.56. The van der Waals surface area contributed by atoms with Gasteiger partial charge in [0.15, 0.2) is 0 Å². The molecule has 1 heterocycles. The summed E-state index contributed by atoms with van der Waals surface area (Å²) in [5.74, 6) is 2.72. The quantitative estimate of drug-likeness (QED) is 0.857. The molecule has 0 spiro atoms. The first-order valence-corrected chi connectivity index (χ1v) is 8.41. The van der Waals surface area contributed by atoms with Gasteiger partial charge in [-0.15, -0.1) is 6.42 Å².